The highest BCUT2D eigenvalue weighted by Crippen LogP contribution is 2.15. The van der Waals surface area contributed by atoms with E-state index in [2.05, 4.69) is 5.32 Å². The Morgan fingerprint density at radius 1 is 1.11 bits per heavy atom. The highest BCUT2D eigenvalue weighted by atomic mass is 32.2. The Bertz CT molecular complexity index is 1080. The van der Waals surface area contributed by atoms with Crippen molar-refractivity contribution in [2.45, 2.75) is 6.92 Å². The molecule has 0 fully saturated rings. The number of carbonyl (C=O) groups is 2. The van der Waals surface area contributed by atoms with E-state index in [0.717, 1.165) is 0 Å². The van der Waals surface area contributed by atoms with E-state index in [1.54, 1.807) is 42.5 Å². The van der Waals surface area contributed by atoms with Gasteiger partial charge in [-0.3, -0.25) is 9.59 Å². The molecule has 28 heavy (non-hydrogen) atoms. The van der Waals surface area contributed by atoms with Crippen molar-refractivity contribution in [3.63, 3.8) is 0 Å². The van der Waals surface area contributed by atoms with E-state index in [-0.39, 0.29) is 34.1 Å². The summed E-state index contributed by atoms with van der Waals surface area (Å²) in [4.78, 5) is 37.0. The van der Waals surface area contributed by atoms with Gasteiger partial charge in [0, 0.05) is 28.8 Å². The molecule has 1 aromatic heterocycles. The van der Waals surface area contributed by atoms with Crippen molar-refractivity contribution in [1.82, 2.24) is 10.0 Å². The topological polar surface area (TPSA) is 97.1 Å². The first kappa shape index (κ1) is 19.6. The molecule has 1 N–H and O–H groups in total. The minimum atomic E-state index is -0.415. The molecule has 0 aliphatic rings. The van der Waals surface area contributed by atoms with Gasteiger partial charge in [-0.15, -0.1) is 0 Å². The zero-order chi connectivity index (χ0) is 20.1. The van der Waals surface area contributed by atoms with Crippen LogP contribution in [-0.2, 0) is 0 Å². The molecule has 0 aliphatic carbocycles. The Labute approximate surface area is 165 Å². The zero-order valence-electron chi connectivity index (χ0n) is 15.3. The average molecular weight is 397 g/mol. The summed E-state index contributed by atoms with van der Waals surface area (Å²) in [7, 11) is 0. The molecule has 1 heterocycles. The number of rotatable bonds is 7. The number of nitrogens with zero attached hydrogens (tertiary/aromatic N) is 2. The van der Waals surface area contributed by atoms with Crippen LogP contribution >= 0.6 is 11.8 Å². The van der Waals surface area contributed by atoms with E-state index in [0.29, 0.717) is 27.0 Å². The number of fused-ring (bicyclic) bond motifs is 1. The predicted octanol–water partition coefficient (Wildman–Crippen LogP) is 2.56. The number of aromatic nitrogens is 2. The van der Waals surface area contributed by atoms with Gasteiger partial charge in [-0.1, -0.05) is 30.3 Å². The zero-order valence-corrected chi connectivity index (χ0v) is 16.1. The SMILES string of the molecule is Cc1c(C(=O)CSCCNC(=O)c2ccccc2)[n+](=O)c2ccccc2n1[O-]. The maximum absolute atomic E-state index is 12.6. The summed E-state index contributed by atoms with van der Waals surface area (Å²) >= 11 is 1.29. The van der Waals surface area contributed by atoms with Crippen LogP contribution in [0, 0.1) is 17.0 Å². The van der Waals surface area contributed by atoms with Gasteiger partial charge < -0.3 is 15.3 Å². The largest absolute Gasteiger partial charge is 0.805 e. The number of benzene rings is 2. The molecule has 0 bridgehead atoms. The first-order chi connectivity index (χ1) is 13.5. The van der Waals surface area contributed by atoms with Crippen molar-refractivity contribution in [2.24, 2.45) is 0 Å². The number of nitrogens with one attached hydrogen (secondary N) is 1. The van der Waals surface area contributed by atoms with Gasteiger partial charge in [0.25, 0.3) is 11.4 Å². The highest BCUT2D eigenvalue weighted by molar-refractivity contribution is 8.00. The molecule has 7 nitrogen and oxygen atoms in total. The number of carbonyl (C=O) groups excluding carboxylic acids is 2. The van der Waals surface area contributed by atoms with Gasteiger partial charge in [0.05, 0.1) is 15.9 Å². The molecule has 0 saturated heterocycles. The third-order valence-electron chi connectivity index (χ3n) is 4.23. The van der Waals surface area contributed by atoms with Gasteiger partial charge in [0.1, 0.15) is 5.52 Å². The van der Waals surface area contributed by atoms with Crippen LogP contribution in [0.15, 0.2) is 54.6 Å². The molecule has 2 aromatic carbocycles. The van der Waals surface area contributed by atoms with Crippen molar-refractivity contribution in [3.8, 4) is 0 Å². The summed E-state index contributed by atoms with van der Waals surface area (Å²) in [5, 5.41) is 15.1. The van der Waals surface area contributed by atoms with E-state index in [1.807, 2.05) is 6.07 Å². The number of thioether (sulfide) groups is 1. The molecule has 144 valence electrons. The fraction of sp³-hybridized carbons (Fsp3) is 0.200. The molecule has 0 radical (unpaired) electrons. The molecule has 0 aliphatic heterocycles. The molecule has 8 heteroatoms. The van der Waals surface area contributed by atoms with Crippen LogP contribution in [0.5, 0.6) is 0 Å². The smallest absolute Gasteiger partial charge is 0.325 e. The van der Waals surface area contributed by atoms with E-state index in [9.17, 15) is 19.7 Å². The van der Waals surface area contributed by atoms with E-state index in [1.165, 1.54) is 24.8 Å². The van der Waals surface area contributed by atoms with Crippen LogP contribution in [0.2, 0.25) is 0 Å². The minimum absolute atomic E-state index is 0.0443. The minimum Gasteiger partial charge on any atom is -0.805 e. The second-order valence-corrected chi connectivity index (χ2v) is 7.21. The molecule has 0 saturated carbocycles. The lowest BCUT2D eigenvalue weighted by atomic mass is 10.2. The molecule has 3 aromatic rings. The molecule has 0 atom stereocenters. The average Bonchev–Trinajstić information content (AvgIpc) is 2.72. The van der Waals surface area contributed by atoms with Gasteiger partial charge in [0.2, 0.25) is 5.78 Å². The number of hydrogen-bond acceptors (Lipinski definition) is 5. The summed E-state index contributed by atoms with van der Waals surface area (Å²) in [6.45, 7) is 1.85. The Morgan fingerprint density at radius 3 is 2.54 bits per heavy atom. The molecule has 1 amide bonds. The summed E-state index contributed by atoms with van der Waals surface area (Å²) in [6.07, 6.45) is 0. The van der Waals surface area contributed by atoms with Crippen molar-refractivity contribution >= 4 is 34.5 Å². The van der Waals surface area contributed by atoms with Crippen LogP contribution in [0.4, 0.5) is 0 Å². The van der Waals surface area contributed by atoms with E-state index < -0.39 is 5.78 Å². The van der Waals surface area contributed by atoms with Crippen LogP contribution in [0.1, 0.15) is 26.5 Å². The predicted molar refractivity (Wildman–Crippen MR) is 109 cm³/mol. The molecular formula is C20H19N3O4S. The first-order valence-electron chi connectivity index (χ1n) is 8.69. The monoisotopic (exact) mass is 397 g/mol. The lowest BCUT2D eigenvalue weighted by Crippen LogP contribution is -2.31. The van der Waals surface area contributed by atoms with Crippen LogP contribution in [0.25, 0.3) is 11.0 Å². The van der Waals surface area contributed by atoms with Crippen LogP contribution < -0.4 is 9.74 Å². The van der Waals surface area contributed by atoms with Crippen LogP contribution in [0.3, 0.4) is 0 Å². The standard InChI is InChI=1S/C20H19N3O4S/c1-14-19(23(27)17-10-6-5-9-16(17)22(14)26)18(24)13-28-12-11-21-20(25)15-7-3-2-4-8-15/h2-10H,11-13H2,1H3,(H,21,25). The van der Waals surface area contributed by atoms with Gasteiger partial charge >= 0.3 is 5.69 Å². The number of Topliss-reactive ketones (excluding diaryl/α,β-unsaturated/α-hetero) is 1. The van der Waals surface area contributed by atoms with Gasteiger partial charge in [-0.25, -0.2) is 0 Å². The van der Waals surface area contributed by atoms with Gasteiger partial charge in [0.15, 0.2) is 0 Å². The summed E-state index contributed by atoms with van der Waals surface area (Å²) in [6, 6.07) is 15.2. The fourth-order valence-electron chi connectivity index (χ4n) is 2.83. The van der Waals surface area contributed by atoms with E-state index in [4.69, 9.17) is 0 Å². The fourth-order valence-corrected chi connectivity index (χ4v) is 3.54. The Balaban J connectivity index is 1.60. The number of para-hydroxylation sites is 2. The van der Waals surface area contributed by atoms with Crippen LogP contribution in [-0.4, -0.2) is 34.5 Å². The summed E-state index contributed by atoms with van der Waals surface area (Å²) in [5.41, 5.74) is 0.892. The molecular weight excluding hydrogens is 378 g/mol. The third-order valence-corrected chi connectivity index (χ3v) is 5.19. The molecule has 0 unspecified atom stereocenters. The molecule has 0 spiro atoms. The summed E-state index contributed by atoms with van der Waals surface area (Å²) < 4.78 is 1.14. The normalized spacial score (nSPS) is 10.8. The maximum atomic E-state index is 12.6. The van der Waals surface area contributed by atoms with Crippen molar-refractivity contribution in [2.75, 3.05) is 18.1 Å². The maximum Gasteiger partial charge on any atom is 0.325 e. The van der Waals surface area contributed by atoms with Crippen molar-refractivity contribution in [3.05, 3.63) is 81.7 Å². The van der Waals surface area contributed by atoms with Gasteiger partial charge in [-0.2, -0.15) is 11.8 Å². The van der Waals surface area contributed by atoms with Crippen molar-refractivity contribution < 1.29 is 14.0 Å². The lowest BCUT2D eigenvalue weighted by molar-refractivity contribution is -0.468. The second-order valence-electron chi connectivity index (χ2n) is 6.11. The third kappa shape index (κ3) is 4.07. The highest BCUT2D eigenvalue weighted by Gasteiger charge is 2.26. The lowest BCUT2D eigenvalue weighted by Gasteiger charge is -2.15. The number of ketones is 1. The number of amides is 1. The Hall–Kier alpha value is -3.13. The van der Waals surface area contributed by atoms with E-state index >= 15 is 0 Å². The number of hydrogen-bond donors (Lipinski definition) is 1. The quantitative estimate of drug-likeness (QED) is 0.375. The summed E-state index contributed by atoms with van der Waals surface area (Å²) in [5.74, 6) is -0.0413. The Morgan fingerprint density at radius 2 is 1.79 bits per heavy atom. The Kier molecular flexibility index (Phi) is 6.10. The van der Waals surface area contributed by atoms with Crippen molar-refractivity contribution in [1.29, 1.82) is 0 Å². The second kappa shape index (κ2) is 8.71. The first-order valence-corrected chi connectivity index (χ1v) is 9.85. The molecule has 3 rings (SSSR count). The van der Waals surface area contributed by atoms with Gasteiger partial charge in [-0.05, 0) is 25.1 Å².